The van der Waals surface area contributed by atoms with Gasteiger partial charge in [0.2, 0.25) is 0 Å². The second kappa shape index (κ2) is 10.1. The van der Waals surface area contributed by atoms with Gasteiger partial charge in [0.25, 0.3) is 11.4 Å². The largest absolute Gasteiger partial charge is 0.497 e. The Labute approximate surface area is 205 Å². The first kappa shape index (κ1) is 24.1. The Kier molecular flexibility index (Phi) is 6.73. The first-order valence-electron chi connectivity index (χ1n) is 10.7. The van der Waals surface area contributed by atoms with Gasteiger partial charge in [-0.25, -0.2) is 0 Å². The van der Waals surface area contributed by atoms with Crippen LogP contribution in [0.5, 0.6) is 11.5 Å². The van der Waals surface area contributed by atoms with Gasteiger partial charge in [0.1, 0.15) is 11.5 Å². The van der Waals surface area contributed by atoms with Crippen molar-refractivity contribution in [2.75, 3.05) is 14.2 Å². The molecule has 9 nitrogen and oxygen atoms in total. The van der Waals surface area contributed by atoms with E-state index < -0.39 is 9.85 Å². The van der Waals surface area contributed by atoms with Gasteiger partial charge >= 0.3 is 0 Å². The average molecular weight is 484 g/mol. The zero-order valence-corrected chi connectivity index (χ0v) is 19.3. The Hall–Kier alpha value is -5.05. The Morgan fingerprint density at radius 2 is 1.06 bits per heavy atom. The van der Waals surface area contributed by atoms with Gasteiger partial charge in [-0.1, -0.05) is 24.3 Å². The van der Waals surface area contributed by atoms with Crippen molar-refractivity contribution in [1.82, 2.24) is 0 Å². The van der Waals surface area contributed by atoms with Crippen molar-refractivity contribution in [3.8, 4) is 33.8 Å². The normalized spacial score (nSPS) is 10.5. The Bertz CT molecular complexity index is 1390. The number of non-ortho nitro benzene ring substituents is 2. The number of carbonyl (C=O) groups is 1. The minimum atomic E-state index is -0.505. The highest BCUT2D eigenvalue weighted by Gasteiger charge is 2.22. The first-order chi connectivity index (χ1) is 17.3. The quantitative estimate of drug-likeness (QED) is 0.169. The maximum Gasteiger partial charge on any atom is 0.270 e. The molecule has 0 aliphatic carbocycles. The topological polar surface area (TPSA) is 122 Å². The number of carbonyl (C=O) groups excluding carboxylic acids is 1. The Morgan fingerprint density at radius 1 is 0.639 bits per heavy atom. The molecule has 0 fully saturated rings. The van der Waals surface area contributed by atoms with Crippen LogP contribution in [0.15, 0.2) is 84.9 Å². The molecule has 0 radical (unpaired) electrons. The molecule has 180 valence electrons. The van der Waals surface area contributed by atoms with Crippen molar-refractivity contribution in [2.24, 2.45) is 0 Å². The number of nitro benzene ring substituents is 2. The fourth-order valence-electron chi connectivity index (χ4n) is 3.89. The molecule has 4 rings (SSSR count). The van der Waals surface area contributed by atoms with E-state index in [9.17, 15) is 25.0 Å². The lowest BCUT2D eigenvalue weighted by Gasteiger charge is -2.15. The number of hydrogen-bond acceptors (Lipinski definition) is 7. The fourth-order valence-corrected chi connectivity index (χ4v) is 3.89. The third-order valence-corrected chi connectivity index (χ3v) is 5.68. The van der Waals surface area contributed by atoms with Crippen molar-refractivity contribution in [3.63, 3.8) is 0 Å². The minimum absolute atomic E-state index is 0.115. The van der Waals surface area contributed by atoms with Gasteiger partial charge in [0.05, 0.1) is 24.1 Å². The highest BCUT2D eigenvalue weighted by atomic mass is 16.6. The molecule has 0 N–H and O–H groups in total. The van der Waals surface area contributed by atoms with Gasteiger partial charge < -0.3 is 9.47 Å². The molecule has 0 aliphatic rings. The third-order valence-electron chi connectivity index (χ3n) is 5.68. The number of rotatable bonds is 8. The lowest BCUT2D eigenvalue weighted by Crippen LogP contribution is -2.06. The maximum absolute atomic E-state index is 13.9. The molecule has 9 heteroatoms. The van der Waals surface area contributed by atoms with Gasteiger partial charge in [0.15, 0.2) is 5.78 Å². The molecule has 0 unspecified atom stereocenters. The SMILES string of the molecule is COc1ccc(C(=O)c2ccc(OC)cc2-c2cccc([N+](=O)[O-])c2)c(-c2cccc([N+](=O)[O-])c2)c1. The standard InChI is InChI=1S/C27H20N2O7/c1-35-21-9-11-23(25(15-21)17-5-3-7-19(13-17)28(31)32)27(30)24-12-10-22(36-2)16-26(24)18-6-4-8-20(14-18)29(33)34/h3-16H,1-2H3. The maximum atomic E-state index is 13.9. The summed E-state index contributed by atoms with van der Waals surface area (Å²) in [5, 5.41) is 22.7. The Balaban J connectivity index is 1.91. The van der Waals surface area contributed by atoms with Gasteiger partial charge in [0, 0.05) is 35.4 Å². The summed E-state index contributed by atoms with van der Waals surface area (Å²) in [5.41, 5.74) is 2.17. The summed E-state index contributed by atoms with van der Waals surface area (Å²) in [6.07, 6.45) is 0. The molecule has 0 saturated heterocycles. The molecule has 4 aromatic rings. The van der Waals surface area contributed by atoms with E-state index in [-0.39, 0.29) is 28.3 Å². The molecule has 0 aliphatic heterocycles. The summed E-state index contributed by atoms with van der Waals surface area (Å²) >= 11 is 0. The van der Waals surface area contributed by atoms with Crippen LogP contribution in [0.1, 0.15) is 15.9 Å². The molecule has 0 spiro atoms. The molecule has 0 heterocycles. The van der Waals surface area contributed by atoms with E-state index in [4.69, 9.17) is 9.47 Å². The number of ketones is 1. The van der Waals surface area contributed by atoms with Crippen LogP contribution in [-0.4, -0.2) is 29.8 Å². The smallest absolute Gasteiger partial charge is 0.270 e. The summed E-state index contributed by atoms with van der Waals surface area (Å²) in [4.78, 5) is 35.6. The van der Waals surface area contributed by atoms with Crippen LogP contribution >= 0.6 is 0 Å². The van der Waals surface area contributed by atoms with E-state index in [1.807, 2.05) is 0 Å². The average Bonchev–Trinajstić information content (AvgIpc) is 2.92. The lowest BCUT2D eigenvalue weighted by molar-refractivity contribution is -0.385. The van der Waals surface area contributed by atoms with Crippen LogP contribution in [0.4, 0.5) is 11.4 Å². The third kappa shape index (κ3) is 4.76. The van der Waals surface area contributed by atoms with Gasteiger partial charge in [-0.3, -0.25) is 25.0 Å². The molecule has 0 saturated carbocycles. The predicted octanol–water partition coefficient (Wildman–Crippen LogP) is 6.09. The number of nitrogens with zero attached hydrogens (tertiary/aromatic N) is 2. The molecule has 0 atom stereocenters. The fraction of sp³-hybridized carbons (Fsp3) is 0.0741. The van der Waals surface area contributed by atoms with E-state index in [1.54, 1.807) is 60.7 Å². The van der Waals surface area contributed by atoms with Crippen molar-refractivity contribution in [2.45, 2.75) is 0 Å². The van der Waals surface area contributed by atoms with E-state index in [0.717, 1.165) is 0 Å². The molecule has 0 aromatic heterocycles. The number of nitro groups is 2. The van der Waals surface area contributed by atoms with Crippen molar-refractivity contribution < 1.29 is 24.1 Å². The molecule has 0 amide bonds. The minimum Gasteiger partial charge on any atom is -0.497 e. The monoisotopic (exact) mass is 484 g/mol. The van der Waals surface area contributed by atoms with E-state index in [1.165, 1.54) is 38.5 Å². The predicted molar refractivity (Wildman–Crippen MR) is 134 cm³/mol. The van der Waals surface area contributed by atoms with Crippen molar-refractivity contribution >= 4 is 17.2 Å². The first-order valence-corrected chi connectivity index (χ1v) is 10.7. The summed E-state index contributed by atoms with van der Waals surface area (Å²) in [7, 11) is 2.97. The number of ether oxygens (including phenoxy) is 2. The van der Waals surface area contributed by atoms with E-state index in [2.05, 4.69) is 0 Å². The van der Waals surface area contributed by atoms with Crippen LogP contribution in [-0.2, 0) is 0 Å². The van der Waals surface area contributed by atoms with Crippen LogP contribution in [0.2, 0.25) is 0 Å². The molecule has 0 bridgehead atoms. The second-order valence-corrected chi connectivity index (χ2v) is 7.77. The number of benzene rings is 4. The Morgan fingerprint density at radius 3 is 1.42 bits per heavy atom. The van der Waals surface area contributed by atoms with Crippen LogP contribution in [0.3, 0.4) is 0 Å². The summed E-state index contributed by atoms with van der Waals surface area (Å²) < 4.78 is 10.7. The zero-order chi connectivity index (χ0) is 25.8. The highest BCUT2D eigenvalue weighted by Crippen LogP contribution is 2.36. The summed E-state index contributed by atoms with van der Waals surface area (Å²) in [5.74, 6) is 0.576. The zero-order valence-electron chi connectivity index (χ0n) is 19.3. The van der Waals surface area contributed by atoms with Crippen molar-refractivity contribution in [3.05, 3.63) is 116 Å². The van der Waals surface area contributed by atoms with E-state index >= 15 is 0 Å². The molecular weight excluding hydrogens is 464 g/mol. The lowest BCUT2D eigenvalue weighted by atomic mass is 9.89. The van der Waals surface area contributed by atoms with E-state index in [0.29, 0.717) is 33.8 Å². The molecular formula is C27H20N2O7. The van der Waals surface area contributed by atoms with Gasteiger partial charge in [-0.15, -0.1) is 0 Å². The summed E-state index contributed by atoms with van der Waals surface area (Å²) in [6.45, 7) is 0. The van der Waals surface area contributed by atoms with Gasteiger partial charge in [-0.2, -0.15) is 0 Å². The van der Waals surface area contributed by atoms with Gasteiger partial charge in [-0.05, 0) is 58.7 Å². The number of methoxy groups -OCH3 is 2. The van der Waals surface area contributed by atoms with Crippen LogP contribution < -0.4 is 9.47 Å². The van der Waals surface area contributed by atoms with Crippen LogP contribution in [0.25, 0.3) is 22.3 Å². The molecule has 36 heavy (non-hydrogen) atoms. The summed E-state index contributed by atoms with van der Waals surface area (Å²) in [6, 6.07) is 21.7. The van der Waals surface area contributed by atoms with Crippen molar-refractivity contribution in [1.29, 1.82) is 0 Å². The highest BCUT2D eigenvalue weighted by molar-refractivity contribution is 6.16. The van der Waals surface area contributed by atoms with Crippen LogP contribution in [0, 0.1) is 20.2 Å². The second-order valence-electron chi connectivity index (χ2n) is 7.77. The molecule has 4 aromatic carbocycles. The number of hydrogen-bond donors (Lipinski definition) is 0.